The molecule has 146 valence electrons. The van der Waals surface area contributed by atoms with Gasteiger partial charge in [0, 0.05) is 33.2 Å². The number of amides is 1. The van der Waals surface area contributed by atoms with Crippen LogP contribution < -0.4 is 9.80 Å². The number of thiophene rings is 1. The molecule has 1 aromatic carbocycles. The number of para-hydroxylation sites is 1. The largest absolute Gasteiger partial charge is 0.353 e. The summed E-state index contributed by atoms with van der Waals surface area (Å²) < 4.78 is 14.1. The Labute approximate surface area is 167 Å². The number of likely N-dealkylation sites (N-methyl/N-ethyl adjacent to an activating group) is 1. The van der Waals surface area contributed by atoms with E-state index in [1.54, 1.807) is 31.6 Å². The normalized spacial score (nSPS) is 15.2. The summed E-state index contributed by atoms with van der Waals surface area (Å²) in [5.41, 5.74) is 1.11. The molecule has 3 heterocycles. The Morgan fingerprint density at radius 2 is 1.89 bits per heavy atom. The van der Waals surface area contributed by atoms with Gasteiger partial charge in [-0.1, -0.05) is 12.1 Å². The van der Waals surface area contributed by atoms with Crippen LogP contribution in [-0.2, 0) is 0 Å². The second kappa shape index (κ2) is 7.44. The third-order valence-electron chi connectivity index (χ3n) is 5.22. The molecule has 4 rings (SSSR count). The van der Waals surface area contributed by atoms with Crippen LogP contribution in [0.25, 0.3) is 10.2 Å². The second-order valence-electron chi connectivity index (χ2n) is 7.04. The summed E-state index contributed by atoms with van der Waals surface area (Å²) in [5.74, 6) is 0.212. The number of piperazine rings is 1. The lowest BCUT2D eigenvalue weighted by atomic mass is 10.1. The van der Waals surface area contributed by atoms with Gasteiger partial charge in [0.05, 0.1) is 16.0 Å². The Kier molecular flexibility index (Phi) is 4.99. The van der Waals surface area contributed by atoms with Gasteiger partial charge in [0.1, 0.15) is 22.8 Å². The summed E-state index contributed by atoms with van der Waals surface area (Å²) in [5, 5.41) is 0.919. The van der Waals surface area contributed by atoms with Crippen LogP contribution in [0.1, 0.15) is 15.2 Å². The zero-order valence-electron chi connectivity index (χ0n) is 16.1. The highest BCUT2D eigenvalue weighted by Crippen LogP contribution is 2.36. The molecule has 1 aliphatic heterocycles. The zero-order valence-corrected chi connectivity index (χ0v) is 17.0. The standard InChI is InChI=1S/C20H22FN5OS/c1-13-16-18(26-10-8-24(2)9-11-26)22-12-23-19(16)28-17(13)20(27)25(3)15-7-5-4-6-14(15)21/h4-7,12H,8-11H2,1-3H3. The molecule has 0 atom stereocenters. The van der Waals surface area contributed by atoms with Gasteiger partial charge < -0.3 is 14.7 Å². The number of carbonyl (C=O) groups excluding carboxylic acids is 1. The van der Waals surface area contributed by atoms with Crippen LogP contribution in [0.5, 0.6) is 0 Å². The number of nitrogens with zero attached hydrogens (tertiary/aromatic N) is 5. The number of hydrogen-bond donors (Lipinski definition) is 0. The fourth-order valence-corrected chi connectivity index (χ4v) is 4.62. The van der Waals surface area contributed by atoms with E-state index in [2.05, 4.69) is 26.8 Å². The molecule has 0 unspecified atom stereocenters. The third-order valence-corrected chi connectivity index (χ3v) is 6.41. The van der Waals surface area contributed by atoms with Gasteiger partial charge in [-0.3, -0.25) is 4.79 Å². The van der Waals surface area contributed by atoms with Crippen molar-refractivity contribution in [2.24, 2.45) is 0 Å². The molecule has 2 aromatic heterocycles. The molecule has 1 saturated heterocycles. The number of hydrogen-bond acceptors (Lipinski definition) is 6. The van der Waals surface area contributed by atoms with Gasteiger partial charge >= 0.3 is 0 Å². The SMILES string of the molecule is Cc1c(C(=O)N(C)c2ccccc2F)sc2ncnc(N3CCN(C)CC3)c12. The lowest BCUT2D eigenvalue weighted by Gasteiger charge is -2.33. The van der Waals surface area contributed by atoms with E-state index in [0.717, 1.165) is 47.8 Å². The maximum atomic E-state index is 14.1. The van der Waals surface area contributed by atoms with E-state index >= 15 is 0 Å². The zero-order chi connectivity index (χ0) is 19.8. The van der Waals surface area contributed by atoms with Crippen molar-refractivity contribution in [3.63, 3.8) is 0 Å². The molecule has 0 N–H and O–H groups in total. The lowest BCUT2D eigenvalue weighted by Crippen LogP contribution is -2.44. The molecule has 0 radical (unpaired) electrons. The topological polar surface area (TPSA) is 52.6 Å². The molecule has 3 aromatic rings. The molecule has 1 aliphatic rings. The van der Waals surface area contributed by atoms with Gasteiger partial charge in [-0.2, -0.15) is 0 Å². The maximum Gasteiger partial charge on any atom is 0.268 e. The van der Waals surface area contributed by atoms with Gasteiger partial charge in [0.2, 0.25) is 0 Å². The number of anilines is 2. The number of aromatic nitrogens is 2. The average molecular weight is 399 g/mol. The summed E-state index contributed by atoms with van der Waals surface area (Å²) in [6.45, 7) is 5.63. The van der Waals surface area contributed by atoms with Crippen molar-refractivity contribution in [1.29, 1.82) is 0 Å². The van der Waals surface area contributed by atoms with Gasteiger partial charge in [-0.25, -0.2) is 14.4 Å². The second-order valence-corrected chi connectivity index (χ2v) is 8.04. The van der Waals surface area contributed by atoms with E-state index in [1.165, 1.54) is 22.3 Å². The van der Waals surface area contributed by atoms with Crippen LogP contribution >= 0.6 is 11.3 Å². The molecule has 0 bridgehead atoms. The van der Waals surface area contributed by atoms with Crippen LogP contribution in [-0.4, -0.2) is 61.0 Å². The highest BCUT2D eigenvalue weighted by atomic mass is 32.1. The van der Waals surface area contributed by atoms with Gasteiger partial charge in [-0.05, 0) is 31.7 Å². The molecular formula is C20H22FN5OS. The minimum atomic E-state index is -0.421. The van der Waals surface area contributed by atoms with E-state index in [4.69, 9.17) is 0 Å². The summed E-state index contributed by atoms with van der Waals surface area (Å²) in [6.07, 6.45) is 1.56. The van der Waals surface area contributed by atoms with Crippen LogP contribution in [0, 0.1) is 12.7 Å². The Bertz CT molecular complexity index is 1030. The van der Waals surface area contributed by atoms with Gasteiger partial charge in [-0.15, -0.1) is 11.3 Å². The van der Waals surface area contributed by atoms with E-state index < -0.39 is 5.82 Å². The molecule has 0 saturated carbocycles. The van der Waals surface area contributed by atoms with E-state index in [9.17, 15) is 9.18 Å². The number of rotatable bonds is 3. The van der Waals surface area contributed by atoms with Crippen molar-refractivity contribution in [1.82, 2.24) is 14.9 Å². The number of fused-ring (bicyclic) bond motifs is 1. The van der Waals surface area contributed by atoms with Crippen molar-refractivity contribution < 1.29 is 9.18 Å². The van der Waals surface area contributed by atoms with Crippen molar-refractivity contribution in [3.8, 4) is 0 Å². The first-order chi connectivity index (χ1) is 13.5. The van der Waals surface area contributed by atoms with Gasteiger partial charge in [0.25, 0.3) is 5.91 Å². The molecule has 0 aliphatic carbocycles. The quantitative estimate of drug-likeness (QED) is 0.677. The van der Waals surface area contributed by atoms with Crippen LogP contribution in [0.15, 0.2) is 30.6 Å². The molecule has 28 heavy (non-hydrogen) atoms. The Hall–Kier alpha value is -2.58. The van der Waals surface area contributed by atoms with Crippen LogP contribution in [0.4, 0.5) is 15.9 Å². The Balaban J connectivity index is 1.73. The summed E-state index contributed by atoms with van der Waals surface area (Å²) >= 11 is 1.34. The molecule has 1 amide bonds. The fourth-order valence-electron chi connectivity index (χ4n) is 3.50. The first-order valence-corrected chi connectivity index (χ1v) is 9.99. The highest BCUT2D eigenvalue weighted by Gasteiger charge is 2.26. The Morgan fingerprint density at radius 1 is 1.18 bits per heavy atom. The minimum absolute atomic E-state index is 0.241. The predicted octanol–water partition coefficient (Wildman–Crippen LogP) is 3.17. The van der Waals surface area contributed by atoms with Crippen LogP contribution in [0.2, 0.25) is 0 Å². The first kappa shape index (κ1) is 18.8. The molecule has 1 fully saturated rings. The van der Waals surface area contributed by atoms with Crippen molar-refractivity contribution in [2.75, 3.05) is 50.1 Å². The number of benzene rings is 1. The monoisotopic (exact) mass is 399 g/mol. The number of aryl methyl sites for hydroxylation is 1. The Morgan fingerprint density at radius 3 is 2.61 bits per heavy atom. The van der Waals surface area contributed by atoms with Crippen molar-refractivity contribution in [2.45, 2.75) is 6.92 Å². The average Bonchev–Trinajstić information content (AvgIpc) is 3.05. The fraction of sp³-hybridized carbons (Fsp3) is 0.350. The smallest absolute Gasteiger partial charge is 0.268 e. The molecule has 8 heteroatoms. The number of halogens is 1. The predicted molar refractivity (Wildman–Crippen MR) is 111 cm³/mol. The van der Waals surface area contributed by atoms with Gasteiger partial charge in [0.15, 0.2) is 0 Å². The van der Waals surface area contributed by atoms with E-state index in [1.807, 2.05) is 6.92 Å². The van der Waals surface area contributed by atoms with Crippen LogP contribution in [0.3, 0.4) is 0 Å². The summed E-state index contributed by atoms with van der Waals surface area (Å²) in [7, 11) is 3.70. The third kappa shape index (κ3) is 3.22. The molecule has 0 spiro atoms. The highest BCUT2D eigenvalue weighted by molar-refractivity contribution is 7.20. The maximum absolute atomic E-state index is 14.1. The summed E-state index contributed by atoms with van der Waals surface area (Å²) in [6, 6.07) is 6.29. The summed E-state index contributed by atoms with van der Waals surface area (Å²) in [4.78, 5) is 29.3. The van der Waals surface area contributed by atoms with E-state index in [0.29, 0.717) is 4.88 Å². The molecule has 6 nitrogen and oxygen atoms in total. The van der Waals surface area contributed by atoms with Crippen molar-refractivity contribution in [3.05, 3.63) is 46.9 Å². The van der Waals surface area contributed by atoms with Crippen molar-refractivity contribution >= 4 is 39.0 Å². The first-order valence-electron chi connectivity index (χ1n) is 9.17. The minimum Gasteiger partial charge on any atom is -0.353 e. The van der Waals surface area contributed by atoms with E-state index in [-0.39, 0.29) is 11.6 Å². The molecular weight excluding hydrogens is 377 g/mol. The number of carbonyl (C=O) groups is 1. The lowest BCUT2D eigenvalue weighted by molar-refractivity contribution is 0.0995.